The fourth-order valence-corrected chi connectivity index (χ4v) is 11.1. The SMILES string of the molecule is CC(C)OP(=S)(OC(C)C)SCCNS(=O)(=O)c1ccccc1.COc1c(Cl)ccc(Cl)c1C(=O)O.O=C(O)COc1ccc(Cl)cc1Cl. The Morgan fingerprint density at radius 3 is 1.94 bits per heavy atom. The molecule has 272 valence electrons. The van der Waals surface area contributed by atoms with E-state index in [0.717, 1.165) is 0 Å². The van der Waals surface area contributed by atoms with E-state index in [0.29, 0.717) is 21.5 Å². The van der Waals surface area contributed by atoms with Crippen molar-refractivity contribution in [3.63, 3.8) is 0 Å². The van der Waals surface area contributed by atoms with Gasteiger partial charge in [-0.25, -0.2) is 22.7 Å². The van der Waals surface area contributed by atoms with Crippen molar-refractivity contribution in [2.24, 2.45) is 0 Å². The molecule has 0 atom stereocenters. The van der Waals surface area contributed by atoms with Crippen molar-refractivity contribution < 1.29 is 46.7 Å². The monoisotopic (exact) mass is 837 g/mol. The van der Waals surface area contributed by atoms with Crippen LogP contribution in [0.1, 0.15) is 38.1 Å². The van der Waals surface area contributed by atoms with Gasteiger partial charge in [0.25, 0.3) is 0 Å². The average Bonchev–Trinajstić information content (AvgIpc) is 3.00. The summed E-state index contributed by atoms with van der Waals surface area (Å²) < 4.78 is 48.0. The molecule has 0 aromatic heterocycles. The van der Waals surface area contributed by atoms with Gasteiger partial charge in [-0.3, -0.25) is 0 Å². The highest BCUT2D eigenvalue weighted by atomic mass is 35.5. The van der Waals surface area contributed by atoms with Crippen LogP contribution in [0.3, 0.4) is 0 Å². The predicted molar refractivity (Wildman–Crippen MR) is 200 cm³/mol. The average molecular weight is 840 g/mol. The summed E-state index contributed by atoms with van der Waals surface area (Å²) in [5.41, 5.74) is -2.58. The van der Waals surface area contributed by atoms with Gasteiger partial charge in [0.05, 0.1) is 39.3 Å². The number of carboxylic acids is 2. The summed E-state index contributed by atoms with van der Waals surface area (Å²) in [5, 5.41) is 18.2. The minimum Gasteiger partial charge on any atom is -0.494 e. The number of methoxy groups -OCH3 is 1. The minimum absolute atomic E-state index is 0.0342. The number of nitrogens with one attached hydrogen (secondary N) is 1. The Morgan fingerprint density at radius 1 is 0.898 bits per heavy atom. The lowest BCUT2D eigenvalue weighted by Gasteiger charge is -2.25. The zero-order chi connectivity index (χ0) is 37.4. The number of rotatable bonds is 15. The van der Waals surface area contributed by atoms with Crippen molar-refractivity contribution in [2.45, 2.75) is 44.8 Å². The number of sulfonamides is 1. The molecule has 0 saturated heterocycles. The summed E-state index contributed by atoms with van der Waals surface area (Å²) in [4.78, 5) is 21.1. The first-order valence-electron chi connectivity index (χ1n) is 14.0. The maximum absolute atomic E-state index is 12.1. The first kappa shape index (κ1) is 45.2. The van der Waals surface area contributed by atoms with Gasteiger partial charge >= 0.3 is 11.9 Å². The molecule has 3 aromatic rings. The van der Waals surface area contributed by atoms with Gasteiger partial charge in [-0.15, -0.1) is 0 Å². The van der Waals surface area contributed by atoms with Crippen molar-refractivity contribution in [2.75, 3.05) is 26.0 Å². The molecule has 0 heterocycles. The van der Waals surface area contributed by atoms with Crippen LogP contribution in [0.15, 0.2) is 65.6 Å². The highest BCUT2D eigenvalue weighted by Crippen LogP contribution is 2.62. The molecule has 3 rings (SSSR count). The van der Waals surface area contributed by atoms with Crippen LogP contribution < -0.4 is 14.2 Å². The molecule has 3 aromatic carbocycles. The number of aliphatic carboxylic acids is 1. The van der Waals surface area contributed by atoms with Crippen molar-refractivity contribution in [1.82, 2.24) is 4.72 Å². The molecule has 11 nitrogen and oxygen atoms in total. The van der Waals surface area contributed by atoms with Crippen LogP contribution in [0.2, 0.25) is 20.1 Å². The maximum Gasteiger partial charge on any atom is 0.341 e. The number of carboxylic acid groups (broad SMARTS) is 2. The number of hydrogen-bond donors (Lipinski definition) is 3. The lowest BCUT2D eigenvalue weighted by Crippen LogP contribution is -2.26. The normalized spacial score (nSPS) is 11.2. The molecule has 0 radical (unpaired) electrons. The standard InChI is InChI=1S/C14H24NO4PS3.2C8H6Cl2O3/c1-12(2)18-20(21,19-13(3)4)22-11-10-15-23(16,17)14-8-6-5-7-9-14;1-13-7-5(10)3-2-4(9)6(7)8(11)12;9-5-1-2-7(6(10)3-5)13-4-8(11)12/h5-9,12-13,15H,10-11H2,1-4H3;2-3H,1H3,(H,11,12);1-3H,4H2,(H,11,12). The fourth-order valence-electron chi connectivity index (χ4n) is 3.28. The first-order chi connectivity index (χ1) is 22.8. The molecular weight excluding hydrogens is 803 g/mol. The van der Waals surface area contributed by atoms with Gasteiger partial charge in [-0.1, -0.05) is 76.0 Å². The van der Waals surface area contributed by atoms with Gasteiger partial charge in [0, 0.05) is 17.3 Å². The second-order valence-corrected chi connectivity index (χ2v) is 19.6. The van der Waals surface area contributed by atoms with E-state index in [1.807, 2.05) is 27.7 Å². The number of benzene rings is 3. The van der Waals surface area contributed by atoms with Crippen molar-refractivity contribution in [1.29, 1.82) is 0 Å². The molecule has 3 N–H and O–H groups in total. The molecule has 49 heavy (non-hydrogen) atoms. The molecule has 0 saturated carbocycles. The van der Waals surface area contributed by atoms with Crippen LogP contribution in [0.4, 0.5) is 0 Å². The van der Waals surface area contributed by atoms with Gasteiger partial charge in [0.15, 0.2) is 12.4 Å². The molecule has 0 aliphatic heterocycles. The van der Waals surface area contributed by atoms with E-state index in [4.69, 9.17) is 86.9 Å². The molecule has 0 bridgehead atoms. The first-order valence-corrected chi connectivity index (χ1v) is 21.2. The third-order valence-electron chi connectivity index (χ3n) is 5.10. The van der Waals surface area contributed by atoms with E-state index in [1.165, 1.54) is 42.8 Å². The second-order valence-electron chi connectivity index (χ2n) is 9.80. The van der Waals surface area contributed by atoms with E-state index >= 15 is 0 Å². The highest BCUT2D eigenvalue weighted by Gasteiger charge is 2.24. The van der Waals surface area contributed by atoms with Crippen LogP contribution in [-0.2, 0) is 35.7 Å². The van der Waals surface area contributed by atoms with Gasteiger partial charge < -0.3 is 28.7 Å². The maximum atomic E-state index is 12.1. The van der Waals surface area contributed by atoms with E-state index in [1.54, 1.807) is 36.4 Å². The van der Waals surface area contributed by atoms with Gasteiger partial charge in [0.1, 0.15) is 11.3 Å². The third kappa shape index (κ3) is 17.3. The molecule has 0 spiro atoms. The second kappa shape index (κ2) is 22.2. The quantitative estimate of drug-likeness (QED) is 0.0988. The minimum atomic E-state index is -3.49. The third-order valence-corrected chi connectivity index (χ3v) is 13.3. The van der Waals surface area contributed by atoms with E-state index in [-0.39, 0.29) is 45.0 Å². The molecule has 0 fully saturated rings. The Labute approximate surface area is 315 Å². The lowest BCUT2D eigenvalue weighted by atomic mass is 10.2. The highest BCUT2D eigenvalue weighted by molar-refractivity contribution is 8.67. The summed E-state index contributed by atoms with van der Waals surface area (Å²) in [7, 11) is -2.15. The van der Waals surface area contributed by atoms with Crippen molar-refractivity contribution in [3.05, 3.63) is 86.3 Å². The smallest absolute Gasteiger partial charge is 0.341 e. The Bertz CT molecular complexity index is 1670. The van der Waals surface area contributed by atoms with Gasteiger partial charge in [0.2, 0.25) is 15.7 Å². The Kier molecular flexibility index (Phi) is 20.5. The Balaban J connectivity index is 0.000000394. The van der Waals surface area contributed by atoms with Gasteiger partial charge in [-0.2, -0.15) is 0 Å². The molecule has 0 aliphatic rings. The molecule has 0 aliphatic carbocycles. The summed E-state index contributed by atoms with van der Waals surface area (Å²) in [6.07, 6.45) is -0.0683. The molecule has 19 heteroatoms. The lowest BCUT2D eigenvalue weighted by molar-refractivity contribution is -0.139. The van der Waals surface area contributed by atoms with Crippen LogP contribution in [0.5, 0.6) is 11.5 Å². The summed E-state index contributed by atoms with van der Waals surface area (Å²) >= 11 is 29.6. The number of hydrogen-bond acceptors (Lipinski definition) is 10. The number of aromatic carboxylic acids is 1. The van der Waals surface area contributed by atoms with E-state index in [9.17, 15) is 18.0 Å². The zero-order valence-corrected chi connectivity index (χ0v) is 33.3. The Morgan fingerprint density at radius 2 is 1.47 bits per heavy atom. The van der Waals surface area contributed by atoms with E-state index < -0.39 is 34.3 Å². The number of halogens is 4. The number of ether oxygens (including phenoxy) is 2. The predicted octanol–water partition coefficient (Wildman–Crippen LogP) is 8.93. The van der Waals surface area contributed by atoms with Crippen LogP contribution in [-0.4, -0.2) is 68.8 Å². The number of carbonyl (C=O) groups is 2. The van der Waals surface area contributed by atoms with Crippen molar-refractivity contribution in [3.8, 4) is 11.5 Å². The molecule has 0 unspecified atom stereocenters. The summed E-state index contributed by atoms with van der Waals surface area (Å²) in [6.45, 7) is 7.48. The molecular formula is C30H36Cl4NO10PS3. The van der Waals surface area contributed by atoms with Crippen LogP contribution >= 0.6 is 63.5 Å². The topological polar surface area (TPSA) is 158 Å². The van der Waals surface area contributed by atoms with E-state index in [2.05, 4.69) is 4.72 Å². The largest absolute Gasteiger partial charge is 0.494 e. The zero-order valence-electron chi connectivity index (χ0n) is 26.9. The van der Waals surface area contributed by atoms with Crippen molar-refractivity contribution >= 4 is 97.2 Å². The fraction of sp³-hybridized carbons (Fsp3) is 0.333. The molecule has 0 amide bonds. The van der Waals surface area contributed by atoms with Gasteiger partial charge in [-0.05, 0) is 82.0 Å². The van der Waals surface area contributed by atoms with Crippen LogP contribution in [0.25, 0.3) is 0 Å². The summed E-state index contributed by atoms with van der Waals surface area (Å²) in [6, 6.07) is 15.8. The van der Waals surface area contributed by atoms with Crippen LogP contribution in [0, 0.1) is 0 Å². The summed E-state index contributed by atoms with van der Waals surface area (Å²) in [5.74, 6) is -1.33. The Hall–Kier alpha value is -1.81.